The summed E-state index contributed by atoms with van der Waals surface area (Å²) in [5.41, 5.74) is 3.14. The van der Waals surface area contributed by atoms with Gasteiger partial charge in [0.1, 0.15) is 0 Å². The predicted molar refractivity (Wildman–Crippen MR) is 118 cm³/mol. The highest BCUT2D eigenvalue weighted by molar-refractivity contribution is 7.89. The zero-order valence-electron chi connectivity index (χ0n) is 17.7. The molecule has 4 nitrogen and oxygen atoms in total. The van der Waals surface area contributed by atoms with Crippen LogP contribution in [0.15, 0.2) is 59.7 Å². The molecule has 0 amide bonds. The number of hydrogen-bond acceptors (Lipinski definition) is 3. The molecule has 5 heteroatoms. The molecule has 2 fully saturated rings. The summed E-state index contributed by atoms with van der Waals surface area (Å²) in [6, 6.07) is 8.05. The summed E-state index contributed by atoms with van der Waals surface area (Å²) in [6.45, 7) is 5.11. The second-order valence-corrected chi connectivity index (χ2v) is 11.8. The van der Waals surface area contributed by atoms with E-state index in [0.717, 1.165) is 36.0 Å². The number of sulfonamides is 1. The molecule has 0 aromatic heterocycles. The Hall–Kier alpha value is -1.98. The van der Waals surface area contributed by atoms with E-state index in [1.54, 1.807) is 4.31 Å². The fourth-order valence-electron chi connectivity index (χ4n) is 6.16. The Kier molecular flexibility index (Phi) is 4.50. The Morgan fingerprint density at radius 1 is 1.20 bits per heavy atom. The highest BCUT2D eigenvalue weighted by atomic mass is 32.2. The maximum absolute atomic E-state index is 13.7. The van der Waals surface area contributed by atoms with E-state index in [4.69, 9.17) is 0 Å². The topological polar surface area (TPSA) is 54.5 Å². The molecule has 1 aromatic carbocycles. The lowest BCUT2D eigenvalue weighted by Gasteiger charge is -2.38. The van der Waals surface area contributed by atoms with Crippen molar-refractivity contribution in [3.8, 4) is 0 Å². The molecule has 3 aliphatic carbocycles. The van der Waals surface area contributed by atoms with Crippen molar-refractivity contribution in [2.45, 2.75) is 46.1 Å². The maximum Gasteiger partial charge on any atom is 0.215 e. The highest BCUT2D eigenvalue weighted by Gasteiger charge is 2.68. The van der Waals surface area contributed by atoms with Gasteiger partial charge in [-0.1, -0.05) is 62.4 Å². The number of hydrogen-bond donors (Lipinski definition) is 0. The first-order chi connectivity index (χ1) is 14.2. The molecule has 0 radical (unpaired) electrons. The first-order valence-electron chi connectivity index (χ1n) is 10.9. The van der Waals surface area contributed by atoms with E-state index in [9.17, 15) is 13.2 Å². The third-order valence-corrected chi connectivity index (χ3v) is 10.1. The number of rotatable bonds is 4. The number of Topliss-reactive ketones (excluding diaryl/α,β-unsaturated/α-hetero) is 1. The number of allylic oxidation sites excluding steroid dienone is 6. The van der Waals surface area contributed by atoms with Gasteiger partial charge >= 0.3 is 0 Å². The average Bonchev–Trinajstić information content (AvgIpc) is 3.35. The van der Waals surface area contributed by atoms with E-state index < -0.39 is 15.4 Å². The van der Waals surface area contributed by atoms with Crippen molar-refractivity contribution >= 4 is 15.8 Å². The summed E-state index contributed by atoms with van der Waals surface area (Å²) in [5, 5.41) is 0. The first-order valence-corrected chi connectivity index (χ1v) is 12.5. The minimum atomic E-state index is -3.55. The lowest BCUT2D eigenvalue weighted by atomic mass is 9.70. The molecular formula is C25H29NO3S. The molecule has 4 aliphatic rings. The minimum Gasteiger partial charge on any atom is -0.294 e. The zero-order chi connectivity index (χ0) is 21.1. The highest BCUT2D eigenvalue weighted by Crippen LogP contribution is 2.66. The predicted octanol–water partition coefficient (Wildman–Crippen LogP) is 4.19. The van der Waals surface area contributed by atoms with E-state index in [0.29, 0.717) is 19.5 Å². The van der Waals surface area contributed by atoms with Crippen molar-refractivity contribution in [3.63, 3.8) is 0 Å². The smallest absolute Gasteiger partial charge is 0.215 e. The normalized spacial score (nSPS) is 31.4. The van der Waals surface area contributed by atoms with Crippen LogP contribution in [0.1, 0.15) is 44.2 Å². The maximum atomic E-state index is 13.7. The van der Waals surface area contributed by atoms with Crippen LogP contribution in [0.4, 0.5) is 0 Å². The van der Waals surface area contributed by atoms with Crippen molar-refractivity contribution in [2.24, 2.45) is 16.7 Å². The van der Waals surface area contributed by atoms with Crippen LogP contribution in [0.2, 0.25) is 0 Å². The molecule has 5 rings (SSSR count). The Balaban J connectivity index is 1.45. The molecule has 2 bridgehead atoms. The van der Waals surface area contributed by atoms with Gasteiger partial charge in [0.2, 0.25) is 10.0 Å². The van der Waals surface area contributed by atoms with Gasteiger partial charge < -0.3 is 0 Å². The van der Waals surface area contributed by atoms with Gasteiger partial charge in [0.15, 0.2) is 5.78 Å². The van der Waals surface area contributed by atoms with Gasteiger partial charge in [-0.25, -0.2) is 8.42 Å². The van der Waals surface area contributed by atoms with E-state index >= 15 is 0 Å². The van der Waals surface area contributed by atoms with Crippen molar-refractivity contribution in [1.82, 2.24) is 4.31 Å². The van der Waals surface area contributed by atoms with Gasteiger partial charge in [-0.05, 0) is 59.3 Å². The third-order valence-electron chi connectivity index (χ3n) is 8.10. The van der Waals surface area contributed by atoms with Crippen LogP contribution in [-0.4, -0.2) is 30.8 Å². The molecule has 1 aromatic rings. The Morgan fingerprint density at radius 3 is 2.70 bits per heavy atom. The van der Waals surface area contributed by atoms with E-state index in [1.807, 2.05) is 36.4 Å². The molecule has 1 heterocycles. The number of ketones is 1. The van der Waals surface area contributed by atoms with Gasteiger partial charge in [-0.2, -0.15) is 4.31 Å². The SMILES string of the molecule is CC1(C)[C@H]2CC[C@@]1(CS(=O)(=O)N1CCc3ccccc3C1)C(=O)/C2=C/C1=CC=CC1. The molecule has 0 unspecified atom stereocenters. The largest absolute Gasteiger partial charge is 0.294 e. The lowest BCUT2D eigenvalue weighted by Crippen LogP contribution is -2.47. The van der Waals surface area contributed by atoms with E-state index in [-0.39, 0.29) is 22.9 Å². The van der Waals surface area contributed by atoms with Gasteiger partial charge in [0, 0.05) is 13.1 Å². The van der Waals surface area contributed by atoms with Crippen LogP contribution in [0.3, 0.4) is 0 Å². The van der Waals surface area contributed by atoms with Crippen molar-refractivity contribution in [2.75, 3.05) is 12.3 Å². The van der Waals surface area contributed by atoms with E-state index in [1.165, 1.54) is 5.56 Å². The molecular weight excluding hydrogens is 394 g/mol. The molecule has 1 aliphatic heterocycles. The summed E-state index contributed by atoms with van der Waals surface area (Å²) in [6.07, 6.45) is 11.3. The minimum absolute atomic E-state index is 0.0672. The van der Waals surface area contributed by atoms with Gasteiger partial charge in [0.05, 0.1) is 11.2 Å². The standard InChI is InChI=1S/C25H29NO3S/c1-24(2)22-11-13-25(24,23(27)21(22)15-18-7-3-4-8-18)17-30(28,29)26-14-12-19-9-5-6-10-20(19)16-26/h3-7,9-10,15,22H,8,11-14,16-17H2,1-2H3/b21-15+/t22-,25+/m0/s1. The number of carbonyl (C=O) groups excluding carboxylic acids is 1. The Morgan fingerprint density at radius 2 is 1.97 bits per heavy atom. The zero-order valence-corrected chi connectivity index (χ0v) is 18.5. The fraction of sp³-hybridized carbons (Fsp3) is 0.480. The Bertz CT molecular complexity index is 1110. The summed E-state index contributed by atoms with van der Waals surface area (Å²) in [7, 11) is -3.55. The molecule has 30 heavy (non-hydrogen) atoms. The summed E-state index contributed by atoms with van der Waals surface area (Å²) >= 11 is 0. The lowest BCUT2D eigenvalue weighted by molar-refractivity contribution is -0.125. The number of carbonyl (C=O) groups is 1. The molecule has 0 saturated heterocycles. The summed E-state index contributed by atoms with van der Waals surface area (Å²) in [4.78, 5) is 13.7. The molecule has 158 valence electrons. The molecule has 0 N–H and O–H groups in total. The van der Waals surface area contributed by atoms with Crippen molar-refractivity contribution in [1.29, 1.82) is 0 Å². The molecule has 2 atom stereocenters. The van der Waals surface area contributed by atoms with Crippen LogP contribution in [0.5, 0.6) is 0 Å². The number of nitrogens with zero attached hydrogens (tertiary/aromatic N) is 1. The quantitative estimate of drug-likeness (QED) is 0.682. The van der Waals surface area contributed by atoms with Crippen LogP contribution < -0.4 is 0 Å². The second kappa shape index (κ2) is 6.76. The van der Waals surface area contributed by atoms with Crippen LogP contribution in [0.25, 0.3) is 0 Å². The summed E-state index contributed by atoms with van der Waals surface area (Å²) < 4.78 is 28.7. The van der Waals surface area contributed by atoms with Gasteiger partial charge in [-0.15, -0.1) is 0 Å². The number of fused-ring (bicyclic) bond motifs is 3. The van der Waals surface area contributed by atoms with E-state index in [2.05, 4.69) is 26.0 Å². The second-order valence-electron chi connectivity index (χ2n) is 9.81. The van der Waals surface area contributed by atoms with Crippen LogP contribution in [-0.2, 0) is 27.8 Å². The third kappa shape index (κ3) is 2.82. The monoisotopic (exact) mass is 423 g/mol. The first kappa shape index (κ1) is 20.0. The fourth-order valence-corrected chi connectivity index (χ4v) is 8.32. The van der Waals surface area contributed by atoms with Crippen molar-refractivity contribution in [3.05, 3.63) is 70.8 Å². The molecule has 2 saturated carbocycles. The van der Waals surface area contributed by atoms with Gasteiger partial charge in [0.25, 0.3) is 0 Å². The Labute approximate surface area is 179 Å². The number of benzene rings is 1. The average molecular weight is 424 g/mol. The molecule has 0 spiro atoms. The van der Waals surface area contributed by atoms with Crippen molar-refractivity contribution < 1.29 is 13.2 Å². The van der Waals surface area contributed by atoms with Crippen LogP contribution in [0, 0.1) is 16.7 Å². The van der Waals surface area contributed by atoms with Crippen LogP contribution >= 0.6 is 0 Å². The summed E-state index contributed by atoms with van der Waals surface area (Å²) in [5.74, 6) is 0.139. The van der Waals surface area contributed by atoms with Gasteiger partial charge in [-0.3, -0.25) is 4.79 Å².